The number of nitrogens with zero attached hydrogens (tertiary/aromatic N) is 5. The monoisotopic (exact) mass is 537 g/mol. The van der Waals surface area contributed by atoms with Gasteiger partial charge in [0.15, 0.2) is 17.7 Å². The lowest BCUT2D eigenvalue weighted by molar-refractivity contribution is -0.208. The second-order valence-corrected chi connectivity index (χ2v) is 10.00. The molecule has 3 aromatic rings. The molecule has 0 amide bonds. The van der Waals surface area contributed by atoms with Crippen molar-refractivity contribution in [2.75, 3.05) is 30.3 Å². The Labute approximate surface area is 218 Å². The Morgan fingerprint density at radius 1 is 1.11 bits per heavy atom. The first-order valence-electron chi connectivity index (χ1n) is 12.1. The molecule has 0 saturated carbocycles. The minimum absolute atomic E-state index is 0.247. The zero-order chi connectivity index (χ0) is 26.9. The van der Waals surface area contributed by atoms with Crippen LogP contribution in [0.5, 0.6) is 0 Å². The third-order valence-corrected chi connectivity index (χ3v) is 7.08. The number of hydrogen-bond acceptors (Lipinski definition) is 7. The fraction of sp³-hybridized carbons (Fsp3) is 0.480. The van der Waals surface area contributed by atoms with E-state index in [1.54, 1.807) is 9.58 Å². The molecule has 2 aromatic heterocycles. The highest BCUT2D eigenvalue weighted by molar-refractivity contribution is 6.32. The van der Waals surface area contributed by atoms with Gasteiger partial charge in [-0.05, 0) is 75.4 Å². The van der Waals surface area contributed by atoms with E-state index in [4.69, 9.17) is 11.6 Å². The van der Waals surface area contributed by atoms with E-state index in [-0.39, 0.29) is 12.5 Å². The van der Waals surface area contributed by atoms with Gasteiger partial charge in [0.05, 0.1) is 6.20 Å². The Morgan fingerprint density at radius 2 is 1.81 bits per heavy atom. The Balaban J connectivity index is 1.43. The third-order valence-electron chi connectivity index (χ3n) is 6.80. The van der Waals surface area contributed by atoms with Gasteiger partial charge in [0.25, 0.3) is 0 Å². The first-order valence-corrected chi connectivity index (χ1v) is 12.4. The zero-order valence-electron chi connectivity index (χ0n) is 21.2. The van der Waals surface area contributed by atoms with E-state index < -0.39 is 12.3 Å². The number of rotatable bonds is 7. The summed E-state index contributed by atoms with van der Waals surface area (Å²) < 4.78 is 39.8. The maximum atomic E-state index is 12.7. The lowest BCUT2D eigenvalue weighted by Gasteiger charge is -2.34. The molecule has 4 rings (SSSR count). The first kappa shape index (κ1) is 27.2. The van der Waals surface area contributed by atoms with Crippen LogP contribution in [0.4, 0.5) is 36.4 Å². The van der Waals surface area contributed by atoms with Crippen molar-refractivity contribution >= 4 is 34.9 Å². The van der Waals surface area contributed by atoms with Crippen LogP contribution in [0.2, 0.25) is 5.02 Å². The second-order valence-electron chi connectivity index (χ2n) is 9.59. The smallest absolute Gasteiger partial charge is 0.382 e. The molecule has 1 fully saturated rings. The average molecular weight is 538 g/mol. The summed E-state index contributed by atoms with van der Waals surface area (Å²) in [5.41, 5.74) is 5.11. The number of aliphatic hydroxyl groups is 1. The van der Waals surface area contributed by atoms with Crippen molar-refractivity contribution in [2.24, 2.45) is 7.05 Å². The summed E-state index contributed by atoms with van der Waals surface area (Å²) >= 11 is 6.30. The molecule has 1 unspecified atom stereocenters. The number of aromatic nitrogens is 4. The van der Waals surface area contributed by atoms with Gasteiger partial charge >= 0.3 is 6.18 Å². The van der Waals surface area contributed by atoms with Gasteiger partial charge in [0, 0.05) is 31.0 Å². The summed E-state index contributed by atoms with van der Waals surface area (Å²) in [6.45, 7) is 6.61. The van der Waals surface area contributed by atoms with Crippen molar-refractivity contribution in [3.05, 3.63) is 51.8 Å². The molecule has 37 heavy (non-hydrogen) atoms. The van der Waals surface area contributed by atoms with Crippen LogP contribution in [0.15, 0.2) is 24.4 Å². The molecule has 3 N–H and O–H groups in total. The molecule has 8 nitrogen and oxygen atoms in total. The van der Waals surface area contributed by atoms with Crippen molar-refractivity contribution in [1.29, 1.82) is 0 Å². The summed E-state index contributed by atoms with van der Waals surface area (Å²) in [6, 6.07) is 6.05. The van der Waals surface area contributed by atoms with Crippen molar-refractivity contribution in [3.63, 3.8) is 0 Å². The van der Waals surface area contributed by atoms with Crippen LogP contribution < -0.4 is 10.6 Å². The number of alkyl halides is 3. The van der Waals surface area contributed by atoms with E-state index in [0.717, 1.165) is 35.3 Å². The summed E-state index contributed by atoms with van der Waals surface area (Å²) in [6.07, 6.45) is -3.90. The molecular weight excluding hydrogens is 507 g/mol. The highest BCUT2D eigenvalue weighted by Gasteiger charge is 2.39. The molecule has 1 aliphatic heterocycles. The van der Waals surface area contributed by atoms with Crippen molar-refractivity contribution in [3.8, 4) is 0 Å². The van der Waals surface area contributed by atoms with Crippen LogP contribution in [0.3, 0.4) is 0 Å². The average Bonchev–Trinajstić information content (AvgIpc) is 3.14. The van der Waals surface area contributed by atoms with E-state index in [1.165, 1.54) is 11.8 Å². The van der Waals surface area contributed by atoms with Gasteiger partial charge in [0.1, 0.15) is 5.02 Å². The van der Waals surface area contributed by atoms with Crippen LogP contribution in [0.1, 0.15) is 41.1 Å². The fourth-order valence-corrected chi connectivity index (χ4v) is 4.70. The number of halogens is 4. The van der Waals surface area contributed by atoms with Crippen molar-refractivity contribution in [1.82, 2.24) is 24.6 Å². The van der Waals surface area contributed by atoms with Crippen molar-refractivity contribution in [2.45, 2.75) is 51.8 Å². The molecular formula is C25H31ClF3N7O. The van der Waals surface area contributed by atoms with E-state index in [9.17, 15) is 18.3 Å². The molecule has 12 heteroatoms. The zero-order valence-corrected chi connectivity index (χ0v) is 22.0. The molecule has 1 aromatic carbocycles. The SMILES string of the molecule is Cc1cc(C2CCN(CC(O)C(F)(F)F)CC2)c(C)cc1Nc1ncc(Cl)c(Nc2cc(C)n(C)n2)n1. The molecule has 1 atom stereocenters. The first-order chi connectivity index (χ1) is 17.4. The van der Waals surface area contributed by atoms with Gasteiger partial charge in [-0.3, -0.25) is 4.68 Å². The Hall–Kier alpha value is -2.89. The lowest BCUT2D eigenvalue weighted by Crippen LogP contribution is -2.44. The highest BCUT2D eigenvalue weighted by Crippen LogP contribution is 2.34. The molecule has 200 valence electrons. The van der Waals surface area contributed by atoms with E-state index >= 15 is 0 Å². The maximum Gasteiger partial charge on any atom is 0.415 e. The van der Waals surface area contributed by atoms with Crippen LogP contribution in [-0.2, 0) is 7.05 Å². The highest BCUT2D eigenvalue weighted by atomic mass is 35.5. The van der Waals surface area contributed by atoms with Gasteiger partial charge in [-0.25, -0.2) is 4.98 Å². The topological polar surface area (TPSA) is 91.1 Å². The summed E-state index contributed by atoms with van der Waals surface area (Å²) in [4.78, 5) is 10.5. The Bertz CT molecular complexity index is 1240. The summed E-state index contributed by atoms with van der Waals surface area (Å²) in [5.74, 6) is 1.69. The van der Waals surface area contributed by atoms with Crippen LogP contribution in [-0.4, -0.2) is 61.7 Å². The van der Waals surface area contributed by atoms with E-state index in [2.05, 4.69) is 31.8 Å². The van der Waals surface area contributed by atoms with Gasteiger partial charge in [-0.2, -0.15) is 23.3 Å². The minimum Gasteiger partial charge on any atom is -0.382 e. The number of nitrogens with one attached hydrogen (secondary N) is 2. The van der Waals surface area contributed by atoms with E-state index in [1.807, 2.05) is 40.0 Å². The number of benzene rings is 1. The number of aryl methyl sites for hydroxylation is 4. The van der Waals surface area contributed by atoms with Crippen LogP contribution in [0.25, 0.3) is 0 Å². The Kier molecular flexibility index (Phi) is 7.96. The fourth-order valence-electron chi connectivity index (χ4n) is 4.57. The quantitative estimate of drug-likeness (QED) is 0.373. The van der Waals surface area contributed by atoms with Gasteiger partial charge in [-0.15, -0.1) is 0 Å². The summed E-state index contributed by atoms with van der Waals surface area (Å²) in [7, 11) is 1.85. The molecule has 3 heterocycles. The van der Waals surface area contributed by atoms with E-state index in [0.29, 0.717) is 35.7 Å². The number of likely N-dealkylation sites (tertiary alicyclic amines) is 1. The number of anilines is 4. The largest absolute Gasteiger partial charge is 0.415 e. The second kappa shape index (κ2) is 10.8. The van der Waals surface area contributed by atoms with Crippen LogP contribution >= 0.6 is 11.6 Å². The number of β-amino-alcohol motifs (C(OH)–C–C–N with tert-alkyl or cyclic N) is 1. The minimum atomic E-state index is -4.59. The predicted octanol–water partition coefficient (Wildman–Crippen LogP) is 5.38. The molecule has 0 radical (unpaired) electrons. The number of hydrogen-bond donors (Lipinski definition) is 3. The standard InChI is InChI=1S/C25H31ClF3N7O/c1-14-10-20(31-24-30-12-19(26)23(33-24)32-22-11-16(3)35(4)34-22)15(2)9-18(14)17-5-7-36(8-6-17)13-21(37)25(27,28)29/h9-12,17,21,37H,5-8,13H2,1-4H3,(H2,30,31,32,33,34). The van der Waals surface area contributed by atoms with Gasteiger partial charge < -0.3 is 20.6 Å². The molecule has 0 bridgehead atoms. The molecule has 0 aliphatic carbocycles. The Morgan fingerprint density at radius 3 is 2.43 bits per heavy atom. The number of piperidine rings is 1. The molecule has 1 saturated heterocycles. The third kappa shape index (κ3) is 6.52. The summed E-state index contributed by atoms with van der Waals surface area (Å²) in [5, 5.41) is 20.5. The normalized spacial score (nSPS) is 16.1. The maximum absolute atomic E-state index is 12.7. The van der Waals surface area contributed by atoms with Gasteiger partial charge in [-0.1, -0.05) is 17.7 Å². The van der Waals surface area contributed by atoms with Gasteiger partial charge in [0.2, 0.25) is 5.95 Å². The van der Waals surface area contributed by atoms with Crippen molar-refractivity contribution < 1.29 is 18.3 Å². The molecule has 0 spiro atoms. The number of aliphatic hydroxyl groups excluding tert-OH is 1. The lowest BCUT2D eigenvalue weighted by atomic mass is 9.85. The van der Waals surface area contributed by atoms with Crippen LogP contribution in [0, 0.1) is 20.8 Å². The predicted molar refractivity (Wildman–Crippen MR) is 138 cm³/mol. The molecule has 1 aliphatic rings.